The molecule has 3 aromatic rings. The molecule has 12 heteroatoms. The van der Waals surface area contributed by atoms with Crippen LogP contribution in [-0.4, -0.2) is 46.9 Å². The number of benzene rings is 1. The molecule has 0 amide bonds. The van der Waals surface area contributed by atoms with E-state index in [9.17, 15) is 13.6 Å². The van der Waals surface area contributed by atoms with Crippen molar-refractivity contribution in [1.82, 2.24) is 35.1 Å². The minimum atomic E-state index is -0.646. The summed E-state index contributed by atoms with van der Waals surface area (Å²) in [6.07, 6.45) is 2.66. The summed E-state index contributed by atoms with van der Waals surface area (Å²) in [6, 6.07) is 3.84. The highest BCUT2D eigenvalue weighted by molar-refractivity contribution is 5.59. The van der Waals surface area contributed by atoms with Crippen LogP contribution >= 0.6 is 0 Å². The van der Waals surface area contributed by atoms with Crippen LogP contribution in [-0.2, 0) is 0 Å². The van der Waals surface area contributed by atoms with E-state index >= 15 is 0 Å². The molecule has 0 unspecified atom stereocenters. The number of hydrogen-bond donors (Lipinski definition) is 3. The Kier molecular flexibility index (Phi) is 6.34. The Morgan fingerprint density at radius 2 is 1.77 bits per heavy atom. The van der Waals surface area contributed by atoms with Gasteiger partial charge in [0, 0.05) is 22.8 Å². The second-order valence-corrected chi connectivity index (χ2v) is 10.5. The molecule has 188 valence electrons. The van der Waals surface area contributed by atoms with Crippen molar-refractivity contribution in [3.05, 3.63) is 46.5 Å². The summed E-state index contributed by atoms with van der Waals surface area (Å²) >= 11 is 0. The Morgan fingerprint density at radius 3 is 2.40 bits per heavy atom. The molecule has 0 bridgehead atoms. The standard InChI is InChI=1S/C23H31F2N9O/c1-13(2)33-21(35)34(32-31-33)18-9-14(7-8-16(18)24)28-20-26-12-17(25)19(29-20)27-15-10-22(3,4)30-23(5,6)11-15/h7-9,12-13,15,30H,10-11H2,1-6H3,(H2,26,27,28,29). The SMILES string of the molecule is CC(C)n1nnn(-c2cc(Nc3ncc(F)c(NC4CC(C)(C)NC(C)(C)C4)n3)ccc2F)c1=O. The molecule has 3 N–H and O–H groups in total. The van der Waals surface area contributed by atoms with Crippen LogP contribution in [0.3, 0.4) is 0 Å². The zero-order chi connectivity index (χ0) is 25.5. The molecule has 0 radical (unpaired) electrons. The predicted octanol–water partition coefficient (Wildman–Crippen LogP) is 3.54. The van der Waals surface area contributed by atoms with Gasteiger partial charge in [-0.25, -0.2) is 18.6 Å². The molecule has 1 aliphatic heterocycles. The molecule has 0 saturated carbocycles. The Bertz CT molecular complexity index is 1270. The smallest absolute Gasteiger partial charge is 0.365 e. The normalized spacial score (nSPS) is 17.5. The van der Waals surface area contributed by atoms with Gasteiger partial charge in [-0.1, -0.05) is 0 Å². The number of anilines is 3. The van der Waals surface area contributed by atoms with E-state index in [1.807, 2.05) is 0 Å². The Morgan fingerprint density at radius 1 is 1.09 bits per heavy atom. The van der Waals surface area contributed by atoms with Crippen LogP contribution < -0.4 is 21.6 Å². The van der Waals surface area contributed by atoms with Gasteiger partial charge in [0.05, 0.1) is 12.2 Å². The van der Waals surface area contributed by atoms with Crippen molar-refractivity contribution in [1.29, 1.82) is 0 Å². The predicted molar refractivity (Wildman–Crippen MR) is 129 cm³/mol. The molecule has 4 rings (SSSR count). The lowest BCUT2D eigenvalue weighted by Gasteiger charge is -2.46. The first-order chi connectivity index (χ1) is 16.3. The van der Waals surface area contributed by atoms with Gasteiger partial charge in [-0.2, -0.15) is 14.3 Å². The second-order valence-electron chi connectivity index (χ2n) is 10.5. The molecular weight excluding hydrogens is 456 g/mol. The van der Waals surface area contributed by atoms with Gasteiger partial charge in [-0.15, -0.1) is 0 Å². The van der Waals surface area contributed by atoms with Gasteiger partial charge in [0.1, 0.15) is 11.5 Å². The molecule has 10 nitrogen and oxygen atoms in total. The molecule has 0 atom stereocenters. The second kappa shape index (κ2) is 8.99. The summed E-state index contributed by atoms with van der Waals surface area (Å²) in [6.45, 7) is 12.0. The molecule has 0 aliphatic carbocycles. The lowest BCUT2D eigenvalue weighted by Crippen LogP contribution is -2.60. The quantitative estimate of drug-likeness (QED) is 0.484. The highest BCUT2D eigenvalue weighted by atomic mass is 19.1. The molecule has 3 heterocycles. The number of tetrazole rings is 1. The van der Waals surface area contributed by atoms with E-state index in [0.29, 0.717) is 5.69 Å². The highest BCUT2D eigenvalue weighted by Crippen LogP contribution is 2.31. The molecule has 1 saturated heterocycles. The van der Waals surface area contributed by atoms with Crippen LogP contribution in [0.25, 0.3) is 5.69 Å². The highest BCUT2D eigenvalue weighted by Gasteiger charge is 2.38. The fourth-order valence-corrected chi connectivity index (χ4v) is 4.76. The molecule has 1 aliphatic rings. The van der Waals surface area contributed by atoms with Crippen molar-refractivity contribution in [2.75, 3.05) is 10.6 Å². The third kappa shape index (κ3) is 5.47. The van der Waals surface area contributed by atoms with Crippen molar-refractivity contribution in [2.45, 2.75) is 77.5 Å². The van der Waals surface area contributed by atoms with Gasteiger partial charge in [0.25, 0.3) is 0 Å². The molecule has 2 aromatic heterocycles. The average molecular weight is 488 g/mol. The maximum Gasteiger partial charge on any atom is 0.368 e. The minimum Gasteiger partial charge on any atom is -0.365 e. The largest absolute Gasteiger partial charge is 0.368 e. The number of nitrogens with zero attached hydrogens (tertiary/aromatic N) is 6. The first-order valence-electron chi connectivity index (χ1n) is 11.5. The monoisotopic (exact) mass is 487 g/mol. The average Bonchev–Trinajstić information content (AvgIpc) is 3.11. The maximum atomic E-state index is 14.6. The van der Waals surface area contributed by atoms with E-state index < -0.39 is 17.3 Å². The summed E-state index contributed by atoms with van der Waals surface area (Å²) in [5, 5.41) is 17.3. The van der Waals surface area contributed by atoms with E-state index in [4.69, 9.17) is 0 Å². The molecule has 35 heavy (non-hydrogen) atoms. The Labute approximate surface area is 202 Å². The lowest BCUT2D eigenvalue weighted by molar-refractivity contribution is 0.170. The van der Waals surface area contributed by atoms with Crippen LogP contribution in [0.4, 0.5) is 26.2 Å². The van der Waals surface area contributed by atoms with Crippen LogP contribution in [0, 0.1) is 11.6 Å². The van der Waals surface area contributed by atoms with Gasteiger partial charge in [-0.05, 0) is 83.0 Å². The van der Waals surface area contributed by atoms with Gasteiger partial charge in [0.2, 0.25) is 5.95 Å². The van der Waals surface area contributed by atoms with E-state index in [1.165, 1.54) is 18.2 Å². The number of halogens is 2. The van der Waals surface area contributed by atoms with Crippen molar-refractivity contribution < 1.29 is 8.78 Å². The summed E-state index contributed by atoms with van der Waals surface area (Å²) in [4.78, 5) is 20.8. The summed E-state index contributed by atoms with van der Waals surface area (Å²) in [5.74, 6) is -1.01. The fraction of sp³-hybridized carbons (Fsp3) is 0.522. The summed E-state index contributed by atoms with van der Waals surface area (Å²) in [5.41, 5.74) is -0.484. The first kappa shape index (κ1) is 24.7. The molecule has 1 fully saturated rings. The van der Waals surface area contributed by atoms with Gasteiger partial charge in [-0.3, -0.25) is 0 Å². The molecule has 1 aromatic carbocycles. The lowest BCUT2D eigenvalue weighted by atomic mass is 9.79. The summed E-state index contributed by atoms with van der Waals surface area (Å²) in [7, 11) is 0. The zero-order valence-electron chi connectivity index (χ0n) is 20.7. The number of piperidine rings is 1. The van der Waals surface area contributed by atoms with Crippen molar-refractivity contribution in [3.63, 3.8) is 0 Å². The Hall–Kier alpha value is -3.41. The zero-order valence-corrected chi connectivity index (χ0v) is 20.7. The van der Waals surface area contributed by atoms with Crippen LogP contribution in [0.15, 0.2) is 29.2 Å². The van der Waals surface area contributed by atoms with E-state index in [1.54, 1.807) is 13.8 Å². The topological polar surface area (TPSA) is 115 Å². The van der Waals surface area contributed by atoms with E-state index in [0.717, 1.165) is 28.4 Å². The number of hydrogen-bond acceptors (Lipinski definition) is 8. The van der Waals surface area contributed by atoms with Crippen molar-refractivity contribution >= 4 is 17.5 Å². The van der Waals surface area contributed by atoms with Gasteiger partial charge in [0.15, 0.2) is 11.6 Å². The number of nitrogens with one attached hydrogen (secondary N) is 3. The van der Waals surface area contributed by atoms with E-state index in [2.05, 4.69) is 64.0 Å². The van der Waals surface area contributed by atoms with Crippen molar-refractivity contribution in [3.8, 4) is 5.69 Å². The third-order valence-corrected chi connectivity index (χ3v) is 5.80. The number of rotatable bonds is 6. The molecular formula is C23H31F2N9O. The fourth-order valence-electron chi connectivity index (χ4n) is 4.76. The van der Waals surface area contributed by atoms with Gasteiger partial charge < -0.3 is 16.0 Å². The third-order valence-electron chi connectivity index (χ3n) is 5.80. The van der Waals surface area contributed by atoms with Crippen molar-refractivity contribution in [2.24, 2.45) is 0 Å². The first-order valence-corrected chi connectivity index (χ1v) is 11.5. The van der Waals surface area contributed by atoms with Crippen LogP contribution in [0.1, 0.15) is 60.4 Å². The van der Waals surface area contributed by atoms with Crippen LogP contribution in [0.2, 0.25) is 0 Å². The summed E-state index contributed by atoms with van der Waals surface area (Å²) < 4.78 is 31.1. The Balaban J connectivity index is 1.57. The van der Waals surface area contributed by atoms with E-state index in [-0.39, 0.29) is 40.6 Å². The number of aromatic nitrogens is 6. The van der Waals surface area contributed by atoms with Gasteiger partial charge >= 0.3 is 5.69 Å². The van der Waals surface area contributed by atoms with Crippen LogP contribution in [0.5, 0.6) is 0 Å². The minimum absolute atomic E-state index is 0.00590. The molecule has 0 spiro atoms. The maximum absolute atomic E-state index is 14.6.